The number of thioether (sulfide) groups is 1. The second-order valence-electron chi connectivity index (χ2n) is 8.25. The van der Waals surface area contributed by atoms with Crippen molar-refractivity contribution in [2.75, 3.05) is 27.4 Å². The van der Waals surface area contributed by atoms with Gasteiger partial charge in [0.05, 0.1) is 17.6 Å². The number of carbonyl (C=O) groups is 2. The number of amides is 1. The van der Waals surface area contributed by atoms with Crippen LogP contribution < -0.4 is 10.3 Å². The van der Waals surface area contributed by atoms with Crippen LogP contribution in [0.3, 0.4) is 0 Å². The second kappa shape index (κ2) is 12.7. The molecule has 2 heterocycles. The maximum atomic E-state index is 13.1. The third-order valence-corrected chi connectivity index (χ3v) is 7.26. The van der Waals surface area contributed by atoms with Crippen molar-refractivity contribution < 1.29 is 24.2 Å². The van der Waals surface area contributed by atoms with Gasteiger partial charge in [0.15, 0.2) is 5.78 Å². The topological polar surface area (TPSA) is 122 Å². The summed E-state index contributed by atoms with van der Waals surface area (Å²) in [5.41, 5.74) is 0.0891. The third-order valence-electron chi connectivity index (χ3n) is 5.88. The minimum atomic E-state index is -0.647. The van der Waals surface area contributed by atoms with Gasteiger partial charge < -0.3 is 14.6 Å². The van der Waals surface area contributed by atoms with Crippen molar-refractivity contribution in [3.05, 3.63) is 61.8 Å². The van der Waals surface area contributed by atoms with E-state index in [-0.39, 0.29) is 48.5 Å². The number of nitriles is 1. The summed E-state index contributed by atoms with van der Waals surface area (Å²) in [5.74, 6) is -0.416. The Bertz CT molecular complexity index is 1340. The molecule has 2 aromatic rings. The quantitative estimate of drug-likeness (QED) is 0.197. The van der Waals surface area contributed by atoms with Gasteiger partial charge in [-0.05, 0) is 49.1 Å². The summed E-state index contributed by atoms with van der Waals surface area (Å²) >= 11 is 6.57. The van der Waals surface area contributed by atoms with Crippen molar-refractivity contribution >= 4 is 46.1 Å². The van der Waals surface area contributed by atoms with Crippen molar-refractivity contribution in [3.8, 4) is 17.7 Å². The summed E-state index contributed by atoms with van der Waals surface area (Å²) < 4.78 is 11.6. The largest absolute Gasteiger partial charge is 0.497 e. The molecule has 0 bridgehead atoms. The van der Waals surface area contributed by atoms with Gasteiger partial charge in [-0.25, -0.2) is 0 Å². The van der Waals surface area contributed by atoms with Crippen LogP contribution in [-0.2, 0) is 16.1 Å². The smallest absolute Gasteiger partial charge is 0.271 e. The molecular formula is C26H27N3O6S2. The first-order valence-electron chi connectivity index (χ1n) is 11.5. The molecular weight excluding hydrogens is 514 g/mol. The van der Waals surface area contributed by atoms with E-state index in [0.29, 0.717) is 28.0 Å². The van der Waals surface area contributed by atoms with Gasteiger partial charge >= 0.3 is 0 Å². The van der Waals surface area contributed by atoms with Crippen LogP contribution in [0.5, 0.6) is 11.6 Å². The Morgan fingerprint density at radius 2 is 1.89 bits per heavy atom. The number of rotatable bonds is 11. The highest BCUT2D eigenvalue weighted by atomic mass is 32.2. The zero-order valence-corrected chi connectivity index (χ0v) is 22.4. The van der Waals surface area contributed by atoms with Crippen LogP contribution >= 0.6 is 24.0 Å². The number of nitrogens with zero attached hydrogens (tertiary/aromatic N) is 3. The zero-order chi connectivity index (χ0) is 27.1. The number of hydrogen-bond donors (Lipinski definition) is 1. The van der Waals surface area contributed by atoms with Gasteiger partial charge in [0.1, 0.15) is 21.7 Å². The molecule has 0 saturated carbocycles. The number of hydrogen-bond acceptors (Lipinski definition) is 9. The van der Waals surface area contributed by atoms with Crippen molar-refractivity contribution in [2.45, 2.75) is 32.7 Å². The maximum absolute atomic E-state index is 13.1. The zero-order valence-electron chi connectivity index (χ0n) is 20.8. The lowest BCUT2D eigenvalue weighted by Gasteiger charge is -2.16. The molecule has 9 nitrogen and oxygen atoms in total. The number of ether oxygens (including phenoxy) is 2. The van der Waals surface area contributed by atoms with E-state index in [2.05, 4.69) is 0 Å². The highest BCUT2D eigenvalue weighted by molar-refractivity contribution is 8.26. The molecule has 194 valence electrons. The van der Waals surface area contributed by atoms with Gasteiger partial charge in [0.2, 0.25) is 5.88 Å². The predicted molar refractivity (Wildman–Crippen MR) is 145 cm³/mol. The Balaban J connectivity index is 1.71. The Kier molecular flexibility index (Phi) is 9.63. The molecule has 0 aliphatic carbocycles. The Hall–Kier alpha value is -3.46. The fourth-order valence-electron chi connectivity index (χ4n) is 3.93. The van der Waals surface area contributed by atoms with E-state index in [9.17, 15) is 24.8 Å². The molecule has 0 radical (unpaired) electrons. The summed E-state index contributed by atoms with van der Waals surface area (Å²) in [5, 5.41) is 20.2. The molecule has 1 aliphatic heterocycles. The third kappa shape index (κ3) is 6.28. The van der Waals surface area contributed by atoms with E-state index in [1.54, 1.807) is 25.3 Å². The summed E-state index contributed by atoms with van der Waals surface area (Å²) in [7, 11) is 3.09. The molecule has 1 saturated heterocycles. The average Bonchev–Trinajstić information content (AvgIpc) is 3.14. The van der Waals surface area contributed by atoms with Crippen LogP contribution in [0.15, 0.2) is 34.0 Å². The molecule has 0 unspecified atom stereocenters. The van der Waals surface area contributed by atoms with Gasteiger partial charge in [-0.2, -0.15) is 5.26 Å². The summed E-state index contributed by atoms with van der Waals surface area (Å²) in [4.78, 5) is 40.5. The fourth-order valence-corrected chi connectivity index (χ4v) is 5.23. The molecule has 1 N–H and O–H groups in total. The lowest BCUT2D eigenvalue weighted by atomic mass is 9.99. The van der Waals surface area contributed by atoms with Crippen molar-refractivity contribution in [1.29, 1.82) is 5.26 Å². The first kappa shape index (κ1) is 28.1. The number of methoxy groups -OCH3 is 2. The molecule has 3 rings (SSSR count). The molecule has 1 fully saturated rings. The van der Waals surface area contributed by atoms with Gasteiger partial charge in [-0.1, -0.05) is 36.1 Å². The molecule has 0 atom stereocenters. The SMILES string of the molecule is COCCCn1c(O)c(C(=O)CCCN2C(=O)/C(=C/c3ccc(OC)cc3)SC2=S)c(C)c(C#N)c1=O. The maximum Gasteiger partial charge on any atom is 0.271 e. The van der Waals surface area contributed by atoms with Gasteiger partial charge in [0, 0.05) is 33.2 Å². The van der Waals surface area contributed by atoms with E-state index in [1.807, 2.05) is 18.2 Å². The normalized spacial score (nSPS) is 14.3. The first-order valence-corrected chi connectivity index (χ1v) is 12.7. The Labute approximate surface area is 224 Å². The van der Waals surface area contributed by atoms with Crippen molar-refractivity contribution in [2.24, 2.45) is 0 Å². The van der Waals surface area contributed by atoms with Crippen molar-refractivity contribution in [1.82, 2.24) is 9.47 Å². The minimum absolute atomic E-state index is 0.00979. The first-order chi connectivity index (χ1) is 17.7. The van der Waals surface area contributed by atoms with E-state index in [4.69, 9.17) is 21.7 Å². The van der Waals surface area contributed by atoms with Crippen LogP contribution in [-0.4, -0.2) is 58.0 Å². The lowest BCUT2D eigenvalue weighted by molar-refractivity contribution is -0.122. The van der Waals surface area contributed by atoms with Crippen molar-refractivity contribution in [3.63, 3.8) is 0 Å². The number of aromatic hydroxyl groups is 1. The van der Waals surface area contributed by atoms with Crippen LogP contribution in [0.1, 0.15) is 46.3 Å². The molecule has 1 aliphatic rings. The minimum Gasteiger partial charge on any atom is -0.497 e. The average molecular weight is 542 g/mol. The van der Waals surface area contributed by atoms with E-state index in [0.717, 1.165) is 10.1 Å². The Morgan fingerprint density at radius 3 is 2.51 bits per heavy atom. The number of thiocarbonyl (C=S) groups is 1. The highest BCUT2D eigenvalue weighted by Gasteiger charge is 2.32. The van der Waals surface area contributed by atoms with E-state index in [1.165, 1.54) is 30.7 Å². The molecule has 37 heavy (non-hydrogen) atoms. The Morgan fingerprint density at radius 1 is 1.19 bits per heavy atom. The number of benzene rings is 1. The number of carbonyl (C=O) groups excluding carboxylic acids is 2. The number of Topliss-reactive ketones (excluding diaryl/α,β-unsaturated/α-hetero) is 1. The van der Waals surface area contributed by atoms with Crippen LogP contribution in [0.2, 0.25) is 0 Å². The highest BCUT2D eigenvalue weighted by Crippen LogP contribution is 2.33. The van der Waals surface area contributed by atoms with Crippen LogP contribution in [0, 0.1) is 18.3 Å². The molecule has 1 aromatic heterocycles. The number of aromatic nitrogens is 1. The summed E-state index contributed by atoms with van der Waals surface area (Å²) in [6.07, 6.45) is 2.44. The van der Waals surface area contributed by atoms with Gasteiger partial charge in [-0.3, -0.25) is 23.9 Å². The van der Waals surface area contributed by atoms with Crippen LogP contribution in [0.25, 0.3) is 6.08 Å². The monoisotopic (exact) mass is 541 g/mol. The molecule has 1 aromatic carbocycles. The van der Waals surface area contributed by atoms with Crippen LogP contribution in [0.4, 0.5) is 0 Å². The number of pyridine rings is 1. The lowest BCUT2D eigenvalue weighted by Crippen LogP contribution is -2.30. The fraction of sp³-hybridized carbons (Fsp3) is 0.346. The summed E-state index contributed by atoms with van der Waals surface area (Å²) in [6.45, 7) is 2.14. The summed E-state index contributed by atoms with van der Waals surface area (Å²) in [6, 6.07) is 9.12. The standard InChI is InChI=1S/C26H27N3O6S2/c1-16-19(15-27)23(31)28(12-5-13-34-2)25(33)22(16)20(30)6-4-11-29-24(32)21(37-26(29)36)14-17-7-9-18(35-3)10-8-17/h7-10,14,33H,4-6,11-13H2,1-3H3/b21-14-. The molecule has 11 heteroatoms. The molecule has 0 spiro atoms. The number of ketones is 1. The molecule has 1 amide bonds. The van der Waals surface area contributed by atoms with E-state index >= 15 is 0 Å². The predicted octanol–water partition coefficient (Wildman–Crippen LogP) is 3.64. The second-order valence-corrected chi connectivity index (χ2v) is 9.92. The van der Waals surface area contributed by atoms with Gasteiger partial charge in [-0.15, -0.1) is 0 Å². The van der Waals surface area contributed by atoms with Gasteiger partial charge in [0.25, 0.3) is 11.5 Å². The van der Waals surface area contributed by atoms with E-state index < -0.39 is 17.2 Å².